The van der Waals surface area contributed by atoms with Gasteiger partial charge in [0.15, 0.2) is 5.75 Å². The van der Waals surface area contributed by atoms with Crippen molar-refractivity contribution >= 4 is 23.2 Å². The third-order valence-electron chi connectivity index (χ3n) is 6.58. The van der Waals surface area contributed by atoms with E-state index in [9.17, 15) is 4.79 Å². The van der Waals surface area contributed by atoms with Gasteiger partial charge in [0.2, 0.25) is 17.6 Å². The lowest BCUT2D eigenvalue weighted by molar-refractivity contribution is -0.121. The summed E-state index contributed by atoms with van der Waals surface area (Å²) < 4.78 is 16.8. The summed E-state index contributed by atoms with van der Waals surface area (Å²) in [7, 11) is 1.61. The van der Waals surface area contributed by atoms with Gasteiger partial charge in [0.25, 0.3) is 0 Å². The van der Waals surface area contributed by atoms with E-state index in [1.54, 1.807) is 37.4 Å². The van der Waals surface area contributed by atoms with Crippen LogP contribution in [0, 0.1) is 12.8 Å². The number of rotatable bonds is 8. The second kappa shape index (κ2) is 11.7. The summed E-state index contributed by atoms with van der Waals surface area (Å²) in [5, 5.41) is 7.70. The number of methoxy groups -OCH3 is 1. The van der Waals surface area contributed by atoms with Crippen molar-refractivity contribution in [3.8, 4) is 28.6 Å². The van der Waals surface area contributed by atoms with Crippen molar-refractivity contribution in [3.63, 3.8) is 0 Å². The molecule has 1 atom stereocenters. The van der Waals surface area contributed by atoms with Crippen molar-refractivity contribution in [1.29, 1.82) is 0 Å². The molecule has 0 bridgehead atoms. The molecule has 196 valence electrons. The van der Waals surface area contributed by atoms with E-state index < -0.39 is 0 Å². The minimum atomic E-state index is -0.199. The summed E-state index contributed by atoms with van der Waals surface area (Å²) in [4.78, 5) is 20.0. The van der Waals surface area contributed by atoms with Crippen molar-refractivity contribution in [3.05, 3.63) is 83.2 Å². The van der Waals surface area contributed by atoms with E-state index in [2.05, 4.69) is 20.4 Å². The third-order valence-corrected chi connectivity index (χ3v) is 6.81. The SMILES string of the molecule is COc1ccc(Oc2ccc(Cl)cc2NC(=O)C2CCCN(Cc3nc(-c4ccccc4C)no3)C2)cc1. The van der Waals surface area contributed by atoms with Gasteiger partial charge >= 0.3 is 0 Å². The molecule has 1 aromatic heterocycles. The summed E-state index contributed by atoms with van der Waals surface area (Å²) in [5.74, 6) is 2.70. The number of halogens is 1. The zero-order valence-electron chi connectivity index (χ0n) is 21.3. The fraction of sp³-hybridized carbons (Fsp3) is 0.276. The number of hydrogen-bond acceptors (Lipinski definition) is 7. The molecule has 1 unspecified atom stereocenters. The first-order chi connectivity index (χ1) is 18.5. The first-order valence-corrected chi connectivity index (χ1v) is 12.9. The quantitative estimate of drug-likeness (QED) is 0.283. The predicted molar refractivity (Wildman–Crippen MR) is 146 cm³/mol. The molecule has 0 saturated carbocycles. The standard InChI is InChI=1S/C29H29ClN4O4/c1-19-6-3-4-8-24(19)28-32-27(38-33-28)18-34-15-5-7-20(17-34)29(35)31-25-16-21(30)9-14-26(25)37-23-12-10-22(36-2)11-13-23/h3-4,6,8-14,16,20H,5,7,15,17-18H2,1-2H3,(H,31,35). The number of aromatic nitrogens is 2. The maximum atomic E-state index is 13.3. The molecule has 0 spiro atoms. The Bertz CT molecular complexity index is 1410. The minimum absolute atomic E-state index is 0.0809. The van der Waals surface area contributed by atoms with E-state index in [0.29, 0.717) is 47.0 Å². The first kappa shape index (κ1) is 25.8. The third kappa shape index (κ3) is 6.15. The van der Waals surface area contributed by atoms with Crippen LogP contribution in [-0.2, 0) is 11.3 Å². The average Bonchev–Trinajstić information content (AvgIpc) is 3.39. The van der Waals surface area contributed by atoms with Crippen molar-refractivity contribution in [1.82, 2.24) is 15.0 Å². The van der Waals surface area contributed by atoms with Crippen molar-refractivity contribution in [2.75, 3.05) is 25.5 Å². The number of ether oxygens (including phenoxy) is 2. The monoisotopic (exact) mass is 532 g/mol. The van der Waals surface area contributed by atoms with Crippen molar-refractivity contribution < 1.29 is 18.8 Å². The number of amides is 1. The molecule has 8 nitrogen and oxygen atoms in total. The molecule has 1 amide bonds. The predicted octanol–water partition coefficient (Wildman–Crippen LogP) is 6.35. The second-order valence-electron chi connectivity index (χ2n) is 9.31. The van der Waals surface area contributed by atoms with Gasteiger partial charge in [-0.3, -0.25) is 9.69 Å². The van der Waals surface area contributed by atoms with Crippen LogP contribution in [-0.4, -0.2) is 41.1 Å². The Morgan fingerprint density at radius 3 is 2.71 bits per heavy atom. The van der Waals surface area contributed by atoms with E-state index in [0.717, 1.165) is 36.3 Å². The smallest absolute Gasteiger partial charge is 0.241 e. The van der Waals surface area contributed by atoms with Gasteiger partial charge < -0.3 is 19.3 Å². The number of carbonyl (C=O) groups is 1. The lowest BCUT2D eigenvalue weighted by Crippen LogP contribution is -2.40. The van der Waals surface area contributed by atoms with Crippen LogP contribution in [0.3, 0.4) is 0 Å². The molecule has 1 N–H and O–H groups in total. The van der Waals surface area contributed by atoms with Crippen LogP contribution in [0.25, 0.3) is 11.4 Å². The van der Waals surface area contributed by atoms with Crippen LogP contribution in [0.1, 0.15) is 24.3 Å². The first-order valence-electron chi connectivity index (χ1n) is 12.5. The summed E-state index contributed by atoms with van der Waals surface area (Å²) in [5.41, 5.74) is 2.56. The van der Waals surface area contributed by atoms with Crippen LogP contribution < -0.4 is 14.8 Å². The topological polar surface area (TPSA) is 89.7 Å². The highest BCUT2D eigenvalue weighted by molar-refractivity contribution is 6.31. The van der Waals surface area contributed by atoms with Gasteiger partial charge in [0.05, 0.1) is 25.3 Å². The molecular formula is C29H29ClN4O4. The summed E-state index contributed by atoms with van der Waals surface area (Å²) in [6, 6.07) is 20.4. The lowest BCUT2D eigenvalue weighted by atomic mass is 9.97. The Morgan fingerprint density at radius 2 is 1.92 bits per heavy atom. The van der Waals surface area contributed by atoms with Crippen LogP contribution in [0.15, 0.2) is 71.3 Å². The van der Waals surface area contributed by atoms with E-state index in [4.69, 9.17) is 25.6 Å². The van der Waals surface area contributed by atoms with Gasteiger partial charge in [-0.1, -0.05) is 41.0 Å². The number of nitrogens with zero attached hydrogens (tertiary/aromatic N) is 3. The van der Waals surface area contributed by atoms with Crippen LogP contribution in [0.5, 0.6) is 17.2 Å². The van der Waals surface area contributed by atoms with E-state index in [1.807, 2.05) is 43.3 Å². The zero-order chi connectivity index (χ0) is 26.5. The molecule has 0 radical (unpaired) electrons. The van der Waals surface area contributed by atoms with Gasteiger partial charge in [-0.2, -0.15) is 4.98 Å². The molecule has 2 heterocycles. The Kier molecular flexibility index (Phi) is 7.91. The fourth-order valence-electron chi connectivity index (χ4n) is 4.55. The molecule has 38 heavy (non-hydrogen) atoms. The zero-order valence-corrected chi connectivity index (χ0v) is 22.1. The second-order valence-corrected chi connectivity index (χ2v) is 9.74. The summed E-state index contributed by atoms with van der Waals surface area (Å²) in [6.07, 6.45) is 1.68. The number of nitrogens with one attached hydrogen (secondary N) is 1. The van der Waals surface area contributed by atoms with E-state index in [-0.39, 0.29) is 11.8 Å². The highest BCUT2D eigenvalue weighted by Gasteiger charge is 2.28. The maximum absolute atomic E-state index is 13.3. The molecule has 3 aromatic carbocycles. The molecular weight excluding hydrogens is 504 g/mol. The molecule has 0 aliphatic carbocycles. The summed E-state index contributed by atoms with van der Waals surface area (Å²) in [6.45, 7) is 3.95. The number of likely N-dealkylation sites (tertiary alicyclic amines) is 1. The molecule has 5 rings (SSSR count). The van der Waals surface area contributed by atoms with Gasteiger partial charge in [-0.15, -0.1) is 0 Å². The number of carbonyl (C=O) groups excluding carboxylic acids is 1. The van der Waals surface area contributed by atoms with Gasteiger partial charge in [0.1, 0.15) is 11.5 Å². The number of hydrogen-bond donors (Lipinski definition) is 1. The summed E-state index contributed by atoms with van der Waals surface area (Å²) >= 11 is 6.24. The maximum Gasteiger partial charge on any atom is 0.241 e. The Balaban J connectivity index is 1.23. The van der Waals surface area contributed by atoms with Crippen molar-refractivity contribution in [2.45, 2.75) is 26.3 Å². The highest BCUT2D eigenvalue weighted by Crippen LogP contribution is 2.33. The molecule has 4 aromatic rings. The van der Waals surface area contributed by atoms with Crippen LogP contribution in [0.2, 0.25) is 5.02 Å². The highest BCUT2D eigenvalue weighted by atomic mass is 35.5. The number of benzene rings is 3. The van der Waals surface area contributed by atoms with Crippen LogP contribution in [0.4, 0.5) is 5.69 Å². The molecule has 1 aliphatic rings. The Morgan fingerprint density at radius 1 is 1.13 bits per heavy atom. The minimum Gasteiger partial charge on any atom is -0.497 e. The Hall–Kier alpha value is -3.88. The average molecular weight is 533 g/mol. The Labute approximate surface area is 226 Å². The normalized spacial score (nSPS) is 15.7. The fourth-order valence-corrected chi connectivity index (χ4v) is 4.72. The number of piperidine rings is 1. The lowest BCUT2D eigenvalue weighted by Gasteiger charge is -2.31. The largest absolute Gasteiger partial charge is 0.497 e. The van der Waals surface area contributed by atoms with E-state index in [1.165, 1.54) is 0 Å². The molecule has 1 aliphatic heterocycles. The van der Waals surface area contributed by atoms with E-state index >= 15 is 0 Å². The molecule has 1 saturated heterocycles. The number of anilines is 1. The van der Waals surface area contributed by atoms with Gasteiger partial charge in [-0.25, -0.2) is 0 Å². The van der Waals surface area contributed by atoms with Crippen molar-refractivity contribution in [2.24, 2.45) is 5.92 Å². The van der Waals surface area contributed by atoms with Gasteiger partial charge in [0, 0.05) is 17.1 Å². The van der Waals surface area contributed by atoms with Crippen LogP contribution >= 0.6 is 11.6 Å². The number of aryl methyl sites for hydroxylation is 1. The molecule has 9 heteroatoms. The van der Waals surface area contributed by atoms with Gasteiger partial charge in [-0.05, 0) is 74.3 Å². The molecule has 1 fully saturated rings.